The number of carbonyl (C=O) groups is 1. The molecule has 0 unspecified atom stereocenters. The normalized spacial score (nSPS) is 15.7. The van der Waals surface area contributed by atoms with E-state index in [1.165, 1.54) is 24.3 Å². The van der Waals surface area contributed by atoms with Crippen molar-refractivity contribution in [2.75, 3.05) is 13.2 Å². The van der Waals surface area contributed by atoms with Gasteiger partial charge in [-0.1, -0.05) is 16.8 Å². The maximum Gasteiger partial charge on any atom is 0.275 e. The van der Waals surface area contributed by atoms with E-state index >= 15 is 0 Å². The van der Waals surface area contributed by atoms with Crippen LogP contribution < -0.4 is 5.32 Å². The first-order chi connectivity index (χ1) is 10.6. The lowest BCUT2D eigenvalue weighted by Gasteiger charge is -2.22. The van der Waals surface area contributed by atoms with Gasteiger partial charge in [-0.2, -0.15) is 0 Å². The maximum absolute atomic E-state index is 12.9. The standard InChI is InChI=1S/C15H14ClFN2O3/c16-12-13(15(20)18-11-5-7-21-8-6-11)19-22-14(12)9-1-3-10(17)4-2-9/h1-4,11H,5-8H2,(H,18,20). The Morgan fingerprint density at radius 1 is 1.27 bits per heavy atom. The highest BCUT2D eigenvalue weighted by Crippen LogP contribution is 2.31. The van der Waals surface area contributed by atoms with Gasteiger partial charge in [-0.3, -0.25) is 4.79 Å². The molecule has 1 N–H and O–H groups in total. The van der Waals surface area contributed by atoms with Crippen molar-refractivity contribution in [3.8, 4) is 11.3 Å². The Hall–Kier alpha value is -1.92. The highest BCUT2D eigenvalue weighted by molar-refractivity contribution is 6.35. The molecule has 116 valence electrons. The summed E-state index contributed by atoms with van der Waals surface area (Å²) in [6.45, 7) is 1.25. The van der Waals surface area contributed by atoms with Gasteiger partial charge in [-0.15, -0.1) is 0 Å². The van der Waals surface area contributed by atoms with Crippen molar-refractivity contribution in [2.24, 2.45) is 0 Å². The van der Waals surface area contributed by atoms with Crippen LogP contribution in [0, 0.1) is 5.82 Å². The Labute approximate surface area is 131 Å². The van der Waals surface area contributed by atoms with Gasteiger partial charge in [-0.25, -0.2) is 4.39 Å². The summed E-state index contributed by atoms with van der Waals surface area (Å²) in [6.07, 6.45) is 1.51. The smallest absolute Gasteiger partial charge is 0.275 e. The Bertz CT molecular complexity index is 666. The van der Waals surface area contributed by atoms with E-state index in [9.17, 15) is 9.18 Å². The number of benzene rings is 1. The molecule has 22 heavy (non-hydrogen) atoms. The topological polar surface area (TPSA) is 64.4 Å². The van der Waals surface area contributed by atoms with Crippen LogP contribution in [0.1, 0.15) is 23.3 Å². The van der Waals surface area contributed by atoms with Crippen molar-refractivity contribution in [1.82, 2.24) is 10.5 Å². The summed E-state index contributed by atoms with van der Waals surface area (Å²) in [5.41, 5.74) is 0.594. The van der Waals surface area contributed by atoms with Gasteiger partial charge in [0, 0.05) is 24.8 Å². The van der Waals surface area contributed by atoms with E-state index in [1.807, 2.05) is 0 Å². The second-order valence-electron chi connectivity index (χ2n) is 5.04. The minimum absolute atomic E-state index is 0.0347. The van der Waals surface area contributed by atoms with Gasteiger partial charge in [0.05, 0.1) is 0 Å². The fourth-order valence-electron chi connectivity index (χ4n) is 2.30. The molecule has 1 saturated heterocycles. The third kappa shape index (κ3) is 3.13. The van der Waals surface area contributed by atoms with Crippen molar-refractivity contribution >= 4 is 17.5 Å². The van der Waals surface area contributed by atoms with Gasteiger partial charge in [0.1, 0.15) is 10.8 Å². The number of aromatic nitrogens is 1. The first kappa shape index (κ1) is 15.0. The molecule has 1 aromatic carbocycles. The monoisotopic (exact) mass is 324 g/mol. The molecule has 1 fully saturated rings. The first-order valence-electron chi connectivity index (χ1n) is 6.95. The second-order valence-corrected chi connectivity index (χ2v) is 5.42. The molecule has 2 aromatic rings. The molecule has 1 aromatic heterocycles. The van der Waals surface area contributed by atoms with Crippen LogP contribution in [-0.2, 0) is 4.74 Å². The molecule has 1 aliphatic heterocycles. The lowest BCUT2D eigenvalue weighted by Crippen LogP contribution is -2.39. The SMILES string of the molecule is O=C(NC1CCOCC1)c1noc(-c2ccc(F)cc2)c1Cl. The van der Waals surface area contributed by atoms with Crippen LogP contribution in [0.4, 0.5) is 4.39 Å². The van der Waals surface area contributed by atoms with Crippen molar-refractivity contribution in [3.05, 3.63) is 40.8 Å². The van der Waals surface area contributed by atoms with Crippen LogP contribution in [0.25, 0.3) is 11.3 Å². The molecule has 0 saturated carbocycles. The van der Waals surface area contributed by atoms with E-state index < -0.39 is 0 Å². The molecule has 1 amide bonds. The predicted molar refractivity (Wildman–Crippen MR) is 78.2 cm³/mol. The fraction of sp³-hybridized carbons (Fsp3) is 0.333. The zero-order valence-electron chi connectivity index (χ0n) is 11.6. The number of nitrogens with zero attached hydrogens (tertiary/aromatic N) is 1. The number of rotatable bonds is 3. The van der Waals surface area contributed by atoms with Gasteiger partial charge < -0.3 is 14.6 Å². The molecule has 0 aliphatic carbocycles. The number of halogens is 2. The summed E-state index contributed by atoms with van der Waals surface area (Å²) in [5.74, 6) is -0.496. The number of hydrogen-bond acceptors (Lipinski definition) is 4. The minimum atomic E-state index is -0.381. The van der Waals surface area contributed by atoms with Crippen molar-refractivity contribution in [1.29, 1.82) is 0 Å². The Balaban J connectivity index is 1.77. The largest absolute Gasteiger partial charge is 0.381 e. The Morgan fingerprint density at radius 2 is 1.95 bits per heavy atom. The summed E-state index contributed by atoms with van der Waals surface area (Å²) in [5, 5.41) is 6.72. The van der Waals surface area contributed by atoms with E-state index in [2.05, 4.69) is 10.5 Å². The van der Waals surface area contributed by atoms with Crippen LogP contribution in [0.15, 0.2) is 28.8 Å². The molecule has 0 spiro atoms. The highest BCUT2D eigenvalue weighted by Gasteiger charge is 2.24. The van der Waals surface area contributed by atoms with Crippen LogP contribution in [0.3, 0.4) is 0 Å². The van der Waals surface area contributed by atoms with Crippen molar-refractivity contribution < 1.29 is 18.4 Å². The molecule has 2 heterocycles. The zero-order chi connectivity index (χ0) is 15.5. The average Bonchev–Trinajstić information content (AvgIpc) is 2.91. The number of hydrogen-bond donors (Lipinski definition) is 1. The summed E-state index contributed by atoms with van der Waals surface area (Å²) in [7, 11) is 0. The Morgan fingerprint density at radius 3 is 2.64 bits per heavy atom. The van der Waals surface area contributed by atoms with Crippen molar-refractivity contribution in [2.45, 2.75) is 18.9 Å². The van der Waals surface area contributed by atoms with Crippen LogP contribution in [0.2, 0.25) is 5.02 Å². The average molecular weight is 325 g/mol. The highest BCUT2D eigenvalue weighted by atomic mass is 35.5. The van der Waals surface area contributed by atoms with E-state index in [1.54, 1.807) is 0 Å². The lowest BCUT2D eigenvalue weighted by molar-refractivity contribution is 0.0692. The molecule has 1 aliphatic rings. The molecular formula is C15H14ClFN2O3. The van der Waals surface area contributed by atoms with Gasteiger partial charge in [0.25, 0.3) is 5.91 Å². The molecule has 0 radical (unpaired) electrons. The fourth-order valence-corrected chi connectivity index (χ4v) is 2.56. The van der Waals surface area contributed by atoms with Gasteiger partial charge in [0.2, 0.25) is 0 Å². The van der Waals surface area contributed by atoms with Crippen LogP contribution >= 0.6 is 11.6 Å². The Kier molecular flexibility index (Phi) is 4.40. The third-order valence-electron chi connectivity index (χ3n) is 3.51. The molecule has 5 nitrogen and oxygen atoms in total. The van der Waals surface area contributed by atoms with Gasteiger partial charge in [0.15, 0.2) is 11.5 Å². The summed E-state index contributed by atoms with van der Waals surface area (Å²) in [6, 6.07) is 5.65. The minimum Gasteiger partial charge on any atom is -0.381 e. The van der Waals surface area contributed by atoms with Gasteiger partial charge in [-0.05, 0) is 37.1 Å². The van der Waals surface area contributed by atoms with Crippen LogP contribution in [0.5, 0.6) is 0 Å². The summed E-state index contributed by atoms with van der Waals surface area (Å²) >= 11 is 6.18. The van der Waals surface area contributed by atoms with E-state index in [-0.39, 0.29) is 34.2 Å². The lowest BCUT2D eigenvalue weighted by atomic mass is 10.1. The van der Waals surface area contributed by atoms with Gasteiger partial charge >= 0.3 is 0 Å². The van der Waals surface area contributed by atoms with E-state index in [4.69, 9.17) is 20.9 Å². The number of nitrogens with one attached hydrogen (secondary N) is 1. The molecule has 7 heteroatoms. The molecular weight excluding hydrogens is 311 g/mol. The third-order valence-corrected chi connectivity index (χ3v) is 3.86. The second kappa shape index (κ2) is 6.46. The summed E-state index contributed by atoms with van der Waals surface area (Å²) < 4.78 is 23.3. The van der Waals surface area contributed by atoms with Crippen LogP contribution in [-0.4, -0.2) is 30.3 Å². The quantitative estimate of drug-likeness (QED) is 0.942. The molecule has 0 bridgehead atoms. The number of ether oxygens (including phenoxy) is 1. The van der Waals surface area contributed by atoms with Crippen molar-refractivity contribution in [3.63, 3.8) is 0 Å². The number of carbonyl (C=O) groups excluding carboxylic acids is 1. The molecule has 3 rings (SSSR count). The number of amides is 1. The summed E-state index contributed by atoms with van der Waals surface area (Å²) in [4.78, 5) is 12.2. The maximum atomic E-state index is 12.9. The van der Waals surface area contributed by atoms with E-state index in [0.717, 1.165) is 12.8 Å². The zero-order valence-corrected chi connectivity index (χ0v) is 12.4. The van der Waals surface area contributed by atoms with E-state index in [0.29, 0.717) is 18.8 Å². The predicted octanol–water partition coefficient (Wildman–Crippen LogP) is 3.04. The first-order valence-corrected chi connectivity index (χ1v) is 7.32. The molecule has 0 atom stereocenters.